The lowest BCUT2D eigenvalue weighted by Crippen LogP contribution is -1.88. The standard InChI is InChI=1S/C8H6ClFO/c1-5-2-6(4-11)8(9)7(10)3-5/h2-4H,1H3. The molecule has 1 rings (SSSR count). The molecule has 3 heteroatoms. The lowest BCUT2D eigenvalue weighted by molar-refractivity contribution is 0.112. The minimum atomic E-state index is -0.547. The molecule has 0 aromatic heterocycles. The highest BCUT2D eigenvalue weighted by Crippen LogP contribution is 2.19. The minimum absolute atomic E-state index is 0.106. The molecule has 0 saturated carbocycles. The van der Waals surface area contributed by atoms with Gasteiger partial charge in [0.2, 0.25) is 0 Å². The van der Waals surface area contributed by atoms with Gasteiger partial charge in [-0.2, -0.15) is 0 Å². The van der Waals surface area contributed by atoms with E-state index in [-0.39, 0.29) is 10.6 Å². The first kappa shape index (κ1) is 8.21. The number of halogens is 2. The van der Waals surface area contributed by atoms with Gasteiger partial charge in [-0.25, -0.2) is 4.39 Å². The van der Waals surface area contributed by atoms with Gasteiger partial charge in [-0.15, -0.1) is 0 Å². The van der Waals surface area contributed by atoms with E-state index in [1.807, 2.05) is 0 Å². The Hall–Kier alpha value is -0.890. The Kier molecular flexibility index (Phi) is 2.25. The van der Waals surface area contributed by atoms with E-state index >= 15 is 0 Å². The molecule has 58 valence electrons. The molecule has 0 saturated heterocycles. The van der Waals surface area contributed by atoms with Crippen molar-refractivity contribution >= 4 is 17.9 Å². The van der Waals surface area contributed by atoms with Gasteiger partial charge in [0.1, 0.15) is 5.82 Å². The average Bonchev–Trinajstić information content (AvgIpc) is 1.96. The summed E-state index contributed by atoms with van der Waals surface area (Å²) in [6, 6.07) is 2.83. The molecular formula is C8H6ClFO. The molecule has 1 nitrogen and oxygen atoms in total. The minimum Gasteiger partial charge on any atom is -0.298 e. The second kappa shape index (κ2) is 3.01. The van der Waals surface area contributed by atoms with Gasteiger partial charge in [0, 0.05) is 5.56 Å². The van der Waals surface area contributed by atoms with Crippen LogP contribution in [0.1, 0.15) is 15.9 Å². The fourth-order valence-electron chi connectivity index (χ4n) is 0.837. The molecule has 0 radical (unpaired) electrons. The molecule has 0 heterocycles. The SMILES string of the molecule is Cc1cc(F)c(Cl)c(C=O)c1. The van der Waals surface area contributed by atoms with Crippen LogP contribution in [0.15, 0.2) is 12.1 Å². The topological polar surface area (TPSA) is 17.1 Å². The molecule has 0 aliphatic carbocycles. The quantitative estimate of drug-likeness (QED) is 0.595. The third-order valence-electron chi connectivity index (χ3n) is 1.33. The van der Waals surface area contributed by atoms with Crippen molar-refractivity contribution in [2.75, 3.05) is 0 Å². The molecule has 0 aliphatic rings. The number of hydrogen-bond donors (Lipinski definition) is 0. The summed E-state index contributed by atoms with van der Waals surface area (Å²) in [5, 5.41) is -0.106. The highest BCUT2D eigenvalue weighted by Gasteiger charge is 2.05. The van der Waals surface area contributed by atoms with Crippen LogP contribution >= 0.6 is 11.6 Å². The maximum atomic E-state index is 12.7. The van der Waals surface area contributed by atoms with E-state index in [0.717, 1.165) is 0 Å². The molecule has 11 heavy (non-hydrogen) atoms. The summed E-state index contributed by atoms with van der Waals surface area (Å²) in [4.78, 5) is 10.3. The zero-order valence-electron chi connectivity index (χ0n) is 5.90. The maximum Gasteiger partial charge on any atom is 0.151 e. The molecule has 0 amide bonds. The first-order valence-corrected chi connectivity index (χ1v) is 3.44. The van der Waals surface area contributed by atoms with Crippen LogP contribution in [0.4, 0.5) is 4.39 Å². The van der Waals surface area contributed by atoms with Gasteiger partial charge < -0.3 is 0 Å². The Morgan fingerprint density at radius 1 is 1.55 bits per heavy atom. The molecule has 0 spiro atoms. The van der Waals surface area contributed by atoms with Crippen LogP contribution in [0, 0.1) is 12.7 Å². The van der Waals surface area contributed by atoms with Crippen molar-refractivity contribution < 1.29 is 9.18 Å². The molecule has 0 N–H and O–H groups in total. The van der Waals surface area contributed by atoms with Gasteiger partial charge in [-0.05, 0) is 24.6 Å². The van der Waals surface area contributed by atoms with E-state index in [0.29, 0.717) is 11.8 Å². The van der Waals surface area contributed by atoms with E-state index in [1.165, 1.54) is 6.07 Å². The molecule has 0 atom stereocenters. The normalized spacial score (nSPS) is 9.73. The average molecular weight is 173 g/mol. The van der Waals surface area contributed by atoms with E-state index in [2.05, 4.69) is 0 Å². The fourth-order valence-corrected chi connectivity index (χ4v) is 0.991. The van der Waals surface area contributed by atoms with E-state index in [4.69, 9.17) is 11.6 Å². The van der Waals surface area contributed by atoms with Gasteiger partial charge >= 0.3 is 0 Å². The van der Waals surface area contributed by atoms with Crippen molar-refractivity contribution in [3.63, 3.8) is 0 Å². The van der Waals surface area contributed by atoms with E-state index < -0.39 is 5.82 Å². The molecule has 1 aromatic carbocycles. The maximum absolute atomic E-state index is 12.7. The van der Waals surface area contributed by atoms with E-state index in [9.17, 15) is 9.18 Å². The Morgan fingerprint density at radius 3 is 2.73 bits per heavy atom. The smallest absolute Gasteiger partial charge is 0.151 e. The van der Waals surface area contributed by atoms with E-state index in [1.54, 1.807) is 13.0 Å². The van der Waals surface area contributed by atoms with Crippen LogP contribution in [0.25, 0.3) is 0 Å². The van der Waals surface area contributed by atoms with Crippen LogP contribution < -0.4 is 0 Å². The number of carbonyl (C=O) groups is 1. The molecule has 0 fully saturated rings. The van der Waals surface area contributed by atoms with Crippen LogP contribution in [0.3, 0.4) is 0 Å². The monoisotopic (exact) mass is 172 g/mol. The highest BCUT2D eigenvalue weighted by molar-refractivity contribution is 6.33. The molecule has 1 aromatic rings. The molecule has 0 aliphatic heterocycles. The van der Waals surface area contributed by atoms with Crippen LogP contribution in [-0.2, 0) is 0 Å². The predicted molar refractivity (Wildman–Crippen MR) is 41.5 cm³/mol. The predicted octanol–water partition coefficient (Wildman–Crippen LogP) is 2.60. The summed E-state index contributed by atoms with van der Waals surface area (Å²) in [5.41, 5.74) is 0.887. The van der Waals surface area contributed by atoms with Crippen LogP contribution in [0.5, 0.6) is 0 Å². The lowest BCUT2D eigenvalue weighted by atomic mass is 10.1. The van der Waals surface area contributed by atoms with Crippen molar-refractivity contribution in [2.24, 2.45) is 0 Å². The highest BCUT2D eigenvalue weighted by atomic mass is 35.5. The van der Waals surface area contributed by atoms with Gasteiger partial charge in [-0.3, -0.25) is 4.79 Å². The Bertz CT molecular complexity index is 296. The Labute approximate surface area is 68.8 Å². The van der Waals surface area contributed by atoms with Gasteiger partial charge in [0.25, 0.3) is 0 Å². The van der Waals surface area contributed by atoms with Crippen molar-refractivity contribution in [3.8, 4) is 0 Å². The summed E-state index contributed by atoms with van der Waals surface area (Å²) >= 11 is 5.46. The van der Waals surface area contributed by atoms with Crippen molar-refractivity contribution in [1.82, 2.24) is 0 Å². The number of aldehydes is 1. The number of hydrogen-bond acceptors (Lipinski definition) is 1. The largest absolute Gasteiger partial charge is 0.298 e. The number of rotatable bonds is 1. The van der Waals surface area contributed by atoms with Gasteiger partial charge in [-0.1, -0.05) is 11.6 Å². The fraction of sp³-hybridized carbons (Fsp3) is 0.125. The van der Waals surface area contributed by atoms with Crippen molar-refractivity contribution in [2.45, 2.75) is 6.92 Å². The summed E-state index contributed by atoms with van der Waals surface area (Å²) in [6.45, 7) is 1.70. The third-order valence-corrected chi connectivity index (χ3v) is 1.73. The zero-order chi connectivity index (χ0) is 8.43. The first-order chi connectivity index (χ1) is 5.15. The van der Waals surface area contributed by atoms with Crippen LogP contribution in [-0.4, -0.2) is 6.29 Å². The molecular weight excluding hydrogens is 167 g/mol. The summed E-state index contributed by atoms with van der Waals surface area (Å²) in [7, 11) is 0. The number of carbonyl (C=O) groups excluding carboxylic acids is 1. The van der Waals surface area contributed by atoms with Crippen LogP contribution in [0.2, 0.25) is 5.02 Å². The Morgan fingerprint density at radius 2 is 2.18 bits per heavy atom. The third kappa shape index (κ3) is 1.57. The first-order valence-electron chi connectivity index (χ1n) is 3.06. The number of aryl methyl sites for hydroxylation is 1. The molecule has 0 bridgehead atoms. The van der Waals surface area contributed by atoms with Crippen molar-refractivity contribution in [1.29, 1.82) is 0 Å². The second-order valence-electron chi connectivity index (χ2n) is 2.27. The summed E-state index contributed by atoms with van der Waals surface area (Å²) in [6.07, 6.45) is 0.540. The Balaban J connectivity index is 3.35. The van der Waals surface area contributed by atoms with Crippen molar-refractivity contribution in [3.05, 3.63) is 34.1 Å². The lowest BCUT2D eigenvalue weighted by Gasteiger charge is -1.98. The zero-order valence-corrected chi connectivity index (χ0v) is 6.65. The van der Waals surface area contributed by atoms with Gasteiger partial charge in [0.15, 0.2) is 6.29 Å². The molecule has 0 unspecified atom stereocenters. The summed E-state index contributed by atoms with van der Waals surface area (Å²) in [5.74, 6) is -0.547. The summed E-state index contributed by atoms with van der Waals surface area (Å²) < 4.78 is 12.7. The second-order valence-corrected chi connectivity index (χ2v) is 2.65. The van der Waals surface area contributed by atoms with Gasteiger partial charge in [0.05, 0.1) is 5.02 Å². The number of benzene rings is 1.